The number of rotatable bonds is 0. The highest BCUT2D eigenvalue weighted by Gasteiger charge is 1.98. The molecule has 0 saturated carbocycles. The summed E-state index contributed by atoms with van der Waals surface area (Å²) in [4.78, 5) is 0.833. The molecule has 0 spiro atoms. The summed E-state index contributed by atoms with van der Waals surface area (Å²) in [5.41, 5.74) is 0.729. The van der Waals surface area contributed by atoms with Gasteiger partial charge in [-0.05, 0) is 0 Å². The molecular weight excluding hydrogens is 104 g/mol. The Morgan fingerprint density at radius 1 is 1.75 bits per heavy atom. The summed E-state index contributed by atoms with van der Waals surface area (Å²) in [6.07, 6.45) is 1.72. The molecule has 0 aliphatic carbocycles. The molecule has 8 heavy (non-hydrogen) atoms. The summed E-state index contributed by atoms with van der Waals surface area (Å²) >= 11 is 0. The Hall–Kier alpha value is -0.990. The predicted octanol–water partition coefficient (Wildman–Crippen LogP) is -0.0331. The molecule has 3 nitrogen and oxygen atoms in total. The standard InChI is InChI=1S/C5H8N2O/c1-5-3-4-6(2)7(5)8/h3-4H,1-2H3. The molecule has 1 rings (SSSR count). The van der Waals surface area contributed by atoms with E-state index in [1.165, 1.54) is 4.68 Å². The zero-order valence-electron chi connectivity index (χ0n) is 4.96. The average Bonchev–Trinajstić information content (AvgIpc) is 1.98. The molecule has 0 atom stereocenters. The van der Waals surface area contributed by atoms with Crippen molar-refractivity contribution in [3.63, 3.8) is 0 Å². The minimum atomic E-state index is 0.729. The topological polar surface area (TPSA) is 31.9 Å². The third-order valence-electron chi connectivity index (χ3n) is 1.12. The van der Waals surface area contributed by atoms with Crippen LogP contribution in [0.4, 0.5) is 0 Å². The SMILES string of the molecule is Cc1ccn(C)[n+]1[O-]. The fourth-order valence-electron chi connectivity index (χ4n) is 0.589. The van der Waals surface area contributed by atoms with E-state index in [0.717, 1.165) is 10.5 Å². The van der Waals surface area contributed by atoms with E-state index in [-0.39, 0.29) is 0 Å². The fourth-order valence-corrected chi connectivity index (χ4v) is 0.589. The summed E-state index contributed by atoms with van der Waals surface area (Å²) in [5.74, 6) is 0. The van der Waals surface area contributed by atoms with Crippen molar-refractivity contribution in [3.05, 3.63) is 23.2 Å². The van der Waals surface area contributed by atoms with E-state index < -0.39 is 0 Å². The van der Waals surface area contributed by atoms with Crippen LogP contribution in [0, 0.1) is 12.1 Å². The van der Waals surface area contributed by atoms with E-state index >= 15 is 0 Å². The average molecular weight is 112 g/mol. The second-order valence-corrected chi connectivity index (χ2v) is 1.80. The Morgan fingerprint density at radius 2 is 2.38 bits per heavy atom. The van der Waals surface area contributed by atoms with Crippen molar-refractivity contribution >= 4 is 0 Å². The first-order valence-corrected chi connectivity index (χ1v) is 2.43. The van der Waals surface area contributed by atoms with Gasteiger partial charge in [-0.3, -0.25) is 0 Å². The molecule has 0 amide bonds. The predicted molar refractivity (Wildman–Crippen MR) is 29.1 cm³/mol. The summed E-state index contributed by atoms with van der Waals surface area (Å²) in [7, 11) is 1.71. The molecule has 1 aromatic rings. The van der Waals surface area contributed by atoms with E-state index in [0.29, 0.717) is 0 Å². The molecule has 0 saturated heterocycles. The lowest BCUT2D eigenvalue weighted by Crippen LogP contribution is -2.37. The molecule has 1 heterocycles. The van der Waals surface area contributed by atoms with Crippen LogP contribution in [-0.4, -0.2) is 4.68 Å². The van der Waals surface area contributed by atoms with E-state index in [1.54, 1.807) is 26.2 Å². The Balaban J connectivity index is 3.19. The Labute approximate surface area is 47.7 Å². The van der Waals surface area contributed by atoms with Gasteiger partial charge in [-0.25, -0.2) is 0 Å². The van der Waals surface area contributed by atoms with Crippen LogP contribution in [0.5, 0.6) is 0 Å². The second kappa shape index (κ2) is 1.51. The Kier molecular flexibility index (Phi) is 0.970. The molecule has 0 radical (unpaired) electrons. The molecule has 44 valence electrons. The third kappa shape index (κ3) is 0.559. The second-order valence-electron chi connectivity index (χ2n) is 1.80. The van der Waals surface area contributed by atoms with Gasteiger partial charge < -0.3 is 5.21 Å². The molecule has 0 bridgehead atoms. The Bertz CT molecular complexity index is 173. The van der Waals surface area contributed by atoms with Crippen LogP contribution in [0.3, 0.4) is 0 Å². The van der Waals surface area contributed by atoms with Gasteiger partial charge in [0.15, 0.2) is 0 Å². The van der Waals surface area contributed by atoms with E-state index in [1.807, 2.05) is 0 Å². The monoisotopic (exact) mass is 112 g/mol. The normalized spacial score (nSPS) is 9.75. The van der Waals surface area contributed by atoms with Crippen LogP contribution >= 0.6 is 0 Å². The largest absolute Gasteiger partial charge is 0.596 e. The maximum Gasteiger partial charge on any atom is 0.218 e. The number of hydrogen-bond acceptors (Lipinski definition) is 1. The lowest BCUT2D eigenvalue weighted by atomic mass is 10.5. The highest BCUT2D eigenvalue weighted by atomic mass is 16.5. The van der Waals surface area contributed by atoms with Crippen molar-refractivity contribution in [2.75, 3.05) is 0 Å². The van der Waals surface area contributed by atoms with E-state index in [4.69, 9.17) is 0 Å². The van der Waals surface area contributed by atoms with Gasteiger partial charge in [0.2, 0.25) is 5.69 Å². The van der Waals surface area contributed by atoms with E-state index in [9.17, 15) is 5.21 Å². The van der Waals surface area contributed by atoms with Gasteiger partial charge in [0, 0.05) is 13.0 Å². The van der Waals surface area contributed by atoms with Crippen LogP contribution in [-0.2, 0) is 7.05 Å². The van der Waals surface area contributed by atoms with Gasteiger partial charge in [0.1, 0.15) is 0 Å². The van der Waals surface area contributed by atoms with Crippen molar-refractivity contribution in [1.29, 1.82) is 0 Å². The molecule has 0 aliphatic heterocycles. The molecular formula is C5H8N2O. The summed E-state index contributed by atoms with van der Waals surface area (Å²) in [5, 5.41) is 10.6. The summed E-state index contributed by atoms with van der Waals surface area (Å²) in [6, 6.07) is 1.77. The van der Waals surface area contributed by atoms with Crippen molar-refractivity contribution < 1.29 is 4.85 Å². The smallest absolute Gasteiger partial charge is 0.218 e. The fraction of sp³-hybridized carbons (Fsp3) is 0.400. The molecule has 1 aromatic heterocycles. The van der Waals surface area contributed by atoms with Crippen LogP contribution < -0.4 is 4.85 Å². The first-order valence-electron chi connectivity index (χ1n) is 2.43. The summed E-state index contributed by atoms with van der Waals surface area (Å²) in [6.45, 7) is 1.77. The third-order valence-corrected chi connectivity index (χ3v) is 1.12. The first kappa shape index (κ1) is 5.15. The molecule has 0 fully saturated rings. The van der Waals surface area contributed by atoms with Crippen molar-refractivity contribution in [1.82, 2.24) is 4.68 Å². The van der Waals surface area contributed by atoms with Crippen molar-refractivity contribution in [2.24, 2.45) is 7.05 Å². The Morgan fingerprint density at radius 3 is 2.50 bits per heavy atom. The zero-order chi connectivity index (χ0) is 6.15. The molecule has 0 aliphatic rings. The maximum absolute atomic E-state index is 10.6. The number of aryl methyl sites for hydroxylation is 2. The van der Waals surface area contributed by atoms with Gasteiger partial charge in [0.05, 0.1) is 13.2 Å². The van der Waals surface area contributed by atoms with Gasteiger partial charge in [0.25, 0.3) is 0 Å². The van der Waals surface area contributed by atoms with E-state index in [2.05, 4.69) is 0 Å². The molecule has 0 aromatic carbocycles. The number of hydrogen-bond donors (Lipinski definition) is 0. The lowest BCUT2D eigenvalue weighted by Gasteiger charge is -1.94. The number of nitrogens with zero attached hydrogens (tertiary/aromatic N) is 2. The highest BCUT2D eigenvalue weighted by molar-refractivity contribution is 4.87. The first-order chi connectivity index (χ1) is 3.72. The van der Waals surface area contributed by atoms with Gasteiger partial charge >= 0.3 is 0 Å². The number of aromatic nitrogens is 2. The van der Waals surface area contributed by atoms with Crippen molar-refractivity contribution in [3.8, 4) is 0 Å². The zero-order valence-corrected chi connectivity index (χ0v) is 4.96. The molecule has 0 N–H and O–H groups in total. The molecule has 3 heteroatoms. The minimum Gasteiger partial charge on any atom is -0.596 e. The lowest BCUT2D eigenvalue weighted by molar-refractivity contribution is -0.697. The quantitative estimate of drug-likeness (QED) is 0.342. The van der Waals surface area contributed by atoms with Gasteiger partial charge in [-0.1, -0.05) is 4.85 Å². The van der Waals surface area contributed by atoms with Crippen LogP contribution in [0.2, 0.25) is 0 Å². The highest BCUT2D eigenvalue weighted by Crippen LogP contribution is 1.84. The maximum atomic E-state index is 10.6. The van der Waals surface area contributed by atoms with Gasteiger partial charge in [-0.15, -0.1) is 0 Å². The van der Waals surface area contributed by atoms with Crippen LogP contribution in [0.1, 0.15) is 5.69 Å². The van der Waals surface area contributed by atoms with Gasteiger partial charge in [-0.2, -0.15) is 4.68 Å². The van der Waals surface area contributed by atoms with Crippen molar-refractivity contribution in [2.45, 2.75) is 6.92 Å². The summed E-state index contributed by atoms with van der Waals surface area (Å²) < 4.78 is 1.48. The minimum absolute atomic E-state index is 0.729. The van der Waals surface area contributed by atoms with Crippen LogP contribution in [0.25, 0.3) is 0 Å². The molecule has 0 unspecified atom stereocenters. The van der Waals surface area contributed by atoms with Crippen LogP contribution in [0.15, 0.2) is 12.3 Å².